The van der Waals surface area contributed by atoms with Crippen molar-refractivity contribution in [3.63, 3.8) is 0 Å². The highest BCUT2D eigenvalue weighted by Crippen LogP contribution is 2.41. The van der Waals surface area contributed by atoms with Crippen LogP contribution in [0.4, 0.5) is 0 Å². The van der Waals surface area contributed by atoms with E-state index in [2.05, 4.69) is 19.9 Å². The Morgan fingerprint density at radius 2 is 2.12 bits per heavy atom. The van der Waals surface area contributed by atoms with E-state index in [1.165, 1.54) is 6.42 Å². The van der Waals surface area contributed by atoms with E-state index in [1.54, 1.807) is 18.9 Å². The Labute approximate surface area is 98.4 Å². The van der Waals surface area contributed by atoms with E-state index >= 15 is 0 Å². The zero-order chi connectivity index (χ0) is 12.3. The lowest BCUT2D eigenvalue weighted by molar-refractivity contribution is -0.140. The number of hydrogen-bond acceptors (Lipinski definition) is 2. The molecule has 1 saturated carbocycles. The zero-order valence-electron chi connectivity index (χ0n) is 10.8. The fraction of sp³-hybridized carbons (Fsp3) is 0.846. The molecule has 1 amide bonds. The molecule has 0 radical (unpaired) electrons. The van der Waals surface area contributed by atoms with Gasteiger partial charge in [0, 0.05) is 13.0 Å². The molecule has 3 heteroatoms. The van der Waals surface area contributed by atoms with Crippen LogP contribution in [-0.2, 0) is 4.79 Å². The molecule has 0 aromatic heterocycles. The molecule has 3 nitrogen and oxygen atoms in total. The molecular formula is C13H22N2O. The quantitative estimate of drug-likeness (QED) is 0.720. The average Bonchev–Trinajstić information content (AvgIpc) is 2.25. The minimum atomic E-state index is -0.328. The second-order valence-electron chi connectivity index (χ2n) is 5.54. The number of rotatable bonds is 2. The van der Waals surface area contributed by atoms with E-state index in [0.717, 1.165) is 19.3 Å². The van der Waals surface area contributed by atoms with Crippen molar-refractivity contribution >= 4 is 5.91 Å². The number of carbonyl (C=O) groups excluding carboxylic acids is 1. The smallest absolute Gasteiger partial charge is 0.227 e. The minimum absolute atomic E-state index is 0.0821. The highest BCUT2D eigenvalue weighted by Gasteiger charge is 2.39. The summed E-state index contributed by atoms with van der Waals surface area (Å²) in [7, 11) is 1.74. The molecule has 0 N–H and O–H groups in total. The van der Waals surface area contributed by atoms with Gasteiger partial charge >= 0.3 is 0 Å². The molecule has 2 unspecified atom stereocenters. The van der Waals surface area contributed by atoms with Crippen LogP contribution in [0, 0.1) is 22.7 Å². The van der Waals surface area contributed by atoms with E-state index < -0.39 is 0 Å². The molecular weight excluding hydrogens is 200 g/mol. The van der Waals surface area contributed by atoms with Crippen LogP contribution in [0.1, 0.15) is 46.5 Å². The molecule has 90 valence electrons. The predicted octanol–water partition coefficient (Wildman–Crippen LogP) is 2.57. The van der Waals surface area contributed by atoms with Crippen molar-refractivity contribution < 1.29 is 4.79 Å². The molecule has 1 aliphatic carbocycles. The molecule has 0 aromatic carbocycles. The van der Waals surface area contributed by atoms with Crippen LogP contribution in [0.15, 0.2) is 0 Å². The van der Waals surface area contributed by atoms with Crippen molar-refractivity contribution in [1.82, 2.24) is 4.90 Å². The fourth-order valence-electron chi connectivity index (χ4n) is 2.48. The lowest BCUT2D eigenvalue weighted by atomic mass is 9.68. The molecule has 0 aromatic rings. The highest BCUT2D eigenvalue weighted by atomic mass is 16.2. The Morgan fingerprint density at radius 1 is 1.50 bits per heavy atom. The molecule has 2 atom stereocenters. The molecule has 16 heavy (non-hydrogen) atoms. The summed E-state index contributed by atoms with van der Waals surface area (Å²) in [5, 5.41) is 8.84. The summed E-state index contributed by atoms with van der Waals surface area (Å²) in [6.45, 7) is 6.10. The Kier molecular flexibility index (Phi) is 3.96. The predicted molar refractivity (Wildman–Crippen MR) is 63.6 cm³/mol. The van der Waals surface area contributed by atoms with E-state index in [-0.39, 0.29) is 23.3 Å². The van der Waals surface area contributed by atoms with Crippen molar-refractivity contribution in [3.05, 3.63) is 0 Å². The summed E-state index contributed by atoms with van der Waals surface area (Å²) in [6.07, 6.45) is 4.43. The number of nitrogens with zero attached hydrogens (tertiary/aromatic N) is 2. The summed E-state index contributed by atoms with van der Waals surface area (Å²) < 4.78 is 0. The average molecular weight is 222 g/mol. The molecule has 0 saturated heterocycles. The molecule has 0 bridgehead atoms. The van der Waals surface area contributed by atoms with Gasteiger partial charge in [-0.2, -0.15) is 5.26 Å². The standard InChI is InChI=1S/C13H22N2O/c1-10(9-14)15(4)12(16)11-7-5-6-8-13(11,2)3/h10-11H,5-8H2,1-4H3. The van der Waals surface area contributed by atoms with Gasteiger partial charge in [0.2, 0.25) is 5.91 Å². The molecule has 0 spiro atoms. The van der Waals surface area contributed by atoms with E-state index in [9.17, 15) is 4.79 Å². The first-order chi connectivity index (χ1) is 7.40. The van der Waals surface area contributed by atoms with Crippen molar-refractivity contribution in [3.8, 4) is 6.07 Å². The number of amides is 1. The van der Waals surface area contributed by atoms with Crippen molar-refractivity contribution in [1.29, 1.82) is 5.26 Å². The number of nitriles is 1. The van der Waals surface area contributed by atoms with Crippen LogP contribution in [0.25, 0.3) is 0 Å². The summed E-state index contributed by atoms with van der Waals surface area (Å²) in [5.41, 5.74) is 0.0821. The topological polar surface area (TPSA) is 44.1 Å². The number of hydrogen-bond donors (Lipinski definition) is 0. The van der Waals surface area contributed by atoms with Gasteiger partial charge in [0.05, 0.1) is 6.07 Å². The van der Waals surface area contributed by atoms with Gasteiger partial charge in [-0.25, -0.2) is 0 Å². The van der Waals surface area contributed by atoms with Crippen LogP contribution in [-0.4, -0.2) is 23.9 Å². The zero-order valence-corrected chi connectivity index (χ0v) is 10.8. The van der Waals surface area contributed by atoms with Gasteiger partial charge < -0.3 is 4.90 Å². The van der Waals surface area contributed by atoms with Gasteiger partial charge in [-0.05, 0) is 25.2 Å². The molecule has 0 aliphatic heterocycles. The summed E-state index contributed by atoms with van der Waals surface area (Å²) in [6, 6.07) is 1.79. The van der Waals surface area contributed by atoms with Crippen LogP contribution in [0.5, 0.6) is 0 Å². The Bertz CT molecular complexity index is 304. The van der Waals surface area contributed by atoms with Gasteiger partial charge in [0.15, 0.2) is 0 Å². The van der Waals surface area contributed by atoms with Crippen molar-refractivity contribution in [2.45, 2.75) is 52.5 Å². The van der Waals surface area contributed by atoms with Gasteiger partial charge in [-0.3, -0.25) is 4.79 Å². The molecule has 1 fully saturated rings. The summed E-state index contributed by atoms with van der Waals surface area (Å²) in [4.78, 5) is 13.9. The van der Waals surface area contributed by atoms with Crippen LogP contribution in [0.3, 0.4) is 0 Å². The SMILES string of the molecule is CC(C#N)N(C)C(=O)C1CCCCC1(C)C. The molecule has 1 rings (SSSR count). The highest BCUT2D eigenvalue weighted by molar-refractivity contribution is 5.80. The van der Waals surface area contributed by atoms with Gasteiger partial charge in [-0.15, -0.1) is 0 Å². The van der Waals surface area contributed by atoms with Crippen molar-refractivity contribution in [2.75, 3.05) is 7.05 Å². The maximum Gasteiger partial charge on any atom is 0.227 e. The first-order valence-electron chi connectivity index (χ1n) is 6.06. The number of carbonyl (C=O) groups is 1. The minimum Gasteiger partial charge on any atom is -0.330 e. The van der Waals surface area contributed by atoms with Crippen LogP contribution >= 0.6 is 0 Å². The van der Waals surface area contributed by atoms with Gasteiger partial charge in [0.25, 0.3) is 0 Å². The third-order valence-electron chi connectivity index (χ3n) is 3.92. The molecule has 0 heterocycles. The first kappa shape index (κ1) is 13.0. The maximum absolute atomic E-state index is 12.3. The fourth-order valence-corrected chi connectivity index (χ4v) is 2.48. The normalized spacial score (nSPS) is 25.6. The third-order valence-corrected chi connectivity index (χ3v) is 3.92. The van der Waals surface area contributed by atoms with Gasteiger partial charge in [0.1, 0.15) is 6.04 Å². The van der Waals surface area contributed by atoms with E-state index in [1.807, 2.05) is 0 Å². The van der Waals surface area contributed by atoms with Gasteiger partial charge in [-0.1, -0.05) is 26.7 Å². The lowest BCUT2D eigenvalue weighted by Gasteiger charge is -2.39. The molecule has 1 aliphatic rings. The van der Waals surface area contributed by atoms with E-state index in [0.29, 0.717) is 0 Å². The lowest BCUT2D eigenvalue weighted by Crippen LogP contribution is -2.44. The summed E-state index contributed by atoms with van der Waals surface area (Å²) in [5.74, 6) is 0.223. The Morgan fingerprint density at radius 3 is 2.62 bits per heavy atom. The monoisotopic (exact) mass is 222 g/mol. The second-order valence-corrected chi connectivity index (χ2v) is 5.54. The Balaban J connectivity index is 2.76. The second kappa shape index (κ2) is 4.86. The Hall–Kier alpha value is -1.04. The summed E-state index contributed by atoms with van der Waals surface area (Å²) >= 11 is 0. The first-order valence-corrected chi connectivity index (χ1v) is 6.06. The van der Waals surface area contributed by atoms with Crippen molar-refractivity contribution in [2.24, 2.45) is 11.3 Å². The maximum atomic E-state index is 12.3. The van der Waals surface area contributed by atoms with E-state index in [4.69, 9.17) is 5.26 Å². The van der Waals surface area contributed by atoms with Crippen LogP contribution in [0.2, 0.25) is 0 Å². The van der Waals surface area contributed by atoms with Crippen LogP contribution < -0.4 is 0 Å². The third kappa shape index (κ3) is 2.55. The largest absolute Gasteiger partial charge is 0.330 e.